The largest absolute Gasteiger partial charge is 0.481 e. The second-order valence-corrected chi connectivity index (χ2v) is 4.38. The molecule has 2 unspecified atom stereocenters. The number of hydrogen-bond acceptors (Lipinski definition) is 5. The molecule has 102 valence electrons. The number of nitrogens with two attached hydrogens (primary N) is 1. The maximum Gasteiger partial charge on any atom is 0.322 e. The lowest BCUT2D eigenvalue weighted by molar-refractivity contribution is -0.168. The van der Waals surface area contributed by atoms with Gasteiger partial charge in [-0.25, -0.2) is 0 Å². The Labute approximate surface area is 104 Å². The van der Waals surface area contributed by atoms with Crippen LogP contribution in [0.3, 0.4) is 0 Å². The highest BCUT2D eigenvalue weighted by atomic mass is 16.5. The summed E-state index contributed by atoms with van der Waals surface area (Å²) in [5.74, 6) is -6.04. The van der Waals surface area contributed by atoms with Crippen LogP contribution in [0.2, 0.25) is 0 Å². The van der Waals surface area contributed by atoms with E-state index in [-0.39, 0.29) is 6.10 Å². The molecular weight excluding hydrogens is 242 g/mol. The van der Waals surface area contributed by atoms with Crippen molar-refractivity contribution in [2.45, 2.75) is 44.2 Å². The van der Waals surface area contributed by atoms with Crippen LogP contribution in [-0.2, 0) is 19.1 Å². The SMILES string of the molecule is NC(C(=O)O)C(C(=O)O)C(=O)OC1CCCCC1. The van der Waals surface area contributed by atoms with Crippen molar-refractivity contribution in [3.05, 3.63) is 0 Å². The van der Waals surface area contributed by atoms with Crippen molar-refractivity contribution in [3.8, 4) is 0 Å². The molecule has 2 atom stereocenters. The second kappa shape index (κ2) is 6.34. The summed E-state index contributed by atoms with van der Waals surface area (Å²) in [5.41, 5.74) is 5.19. The lowest BCUT2D eigenvalue weighted by atomic mass is 9.97. The van der Waals surface area contributed by atoms with Gasteiger partial charge in [-0.2, -0.15) is 0 Å². The van der Waals surface area contributed by atoms with Crippen molar-refractivity contribution in [2.24, 2.45) is 11.7 Å². The number of rotatable bonds is 5. The molecule has 0 aromatic carbocycles. The van der Waals surface area contributed by atoms with Crippen molar-refractivity contribution in [3.63, 3.8) is 0 Å². The van der Waals surface area contributed by atoms with E-state index in [4.69, 9.17) is 20.7 Å². The lowest BCUT2D eigenvalue weighted by Crippen LogP contribution is -2.47. The molecular formula is C11H17NO6. The van der Waals surface area contributed by atoms with Gasteiger partial charge in [0.1, 0.15) is 12.1 Å². The molecule has 1 rings (SSSR count). The quantitative estimate of drug-likeness (QED) is 0.467. The van der Waals surface area contributed by atoms with Gasteiger partial charge in [0, 0.05) is 0 Å². The van der Waals surface area contributed by atoms with Crippen LogP contribution in [0.25, 0.3) is 0 Å². The molecule has 0 saturated heterocycles. The molecule has 0 spiro atoms. The number of hydrogen-bond donors (Lipinski definition) is 3. The average molecular weight is 259 g/mol. The summed E-state index contributed by atoms with van der Waals surface area (Å²) in [6, 6.07) is -1.79. The number of carboxylic acids is 2. The Morgan fingerprint density at radius 3 is 2.06 bits per heavy atom. The first-order valence-electron chi connectivity index (χ1n) is 5.85. The van der Waals surface area contributed by atoms with E-state index in [1.54, 1.807) is 0 Å². The van der Waals surface area contributed by atoms with E-state index in [1.165, 1.54) is 0 Å². The number of carbonyl (C=O) groups excluding carboxylic acids is 1. The third-order valence-electron chi connectivity index (χ3n) is 3.00. The molecule has 7 nitrogen and oxygen atoms in total. The van der Waals surface area contributed by atoms with Crippen molar-refractivity contribution in [2.75, 3.05) is 0 Å². The summed E-state index contributed by atoms with van der Waals surface area (Å²) in [5, 5.41) is 17.5. The van der Waals surface area contributed by atoms with Gasteiger partial charge in [0.05, 0.1) is 0 Å². The first-order chi connectivity index (χ1) is 8.43. The number of aliphatic carboxylic acids is 2. The Kier molecular flexibility index (Phi) is 5.08. The van der Waals surface area contributed by atoms with Crippen LogP contribution in [0.5, 0.6) is 0 Å². The minimum atomic E-state index is -1.86. The number of carbonyl (C=O) groups is 3. The van der Waals surface area contributed by atoms with Gasteiger partial charge in [-0.3, -0.25) is 14.4 Å². The van der Waals surface area contributed by atoms with Crippen molar-refractivity contribution in [1.82, 2.24) is 0 Å². The smallest absolute Gasteiger partial charge is 0.322 e. The molecule has 0 radical (unpaired) electrons. The highest BCUT2D eigenvalue weighted by molar-refractivity contribution is 5.99. The molecule has 7 heteroatoms. The molecule has 4 N–H and O–H groups in total. The van der Waals surface area contributed by atoms with Crippen LogP contribution in [0.1, 0.15) is 32.1 Å². The molecule has 0 bridgehead atoms. The predicted octanol–water partition coefficient (Wildman–Crippen LogP) is -0.0250. The molecule has 0 aliphatic heterocycles. The predicted molar refractivity (Wildman–Crippen MR) is 59.7 cm³/mol. The average Bonchev–Trinajstić information content (AvgIpc) is 2.29. The highest BCUT2D eigenvalue weighted by Crippen LogP contribution is 2.21. The van der Waals surface area contributed by atoms with Gasteiger partial charge in [0.2, 0.25) is 0 Å². The summed E-state index contributed by atoms with van der Waals surface area (Å²) >= 11 is 0. The third kappa shape index (κ3) is 3.69. The van der Waals surface area contributed by atoms with Gasteiger partial charge in [-0.05, 0) is 25.7 Å². The lowest BCUT2D eigenvalue weighted by Gasteiger charge is -2.24. The Hall–Kier alpha value is -1.63. The van der Waals surface area contributed by atoms with Crippen molar-refractivity contribution < 1.29 is 29.3 Å². The zero-order valence-corrected chi connectivity index (χ0v) is 9.87. The van der Waals surface area contributed by atoms with Crippen LogP contribution in [0, 0.1) is 5.92 Å². The molecule has 1 fully saturated rings. The van der Waals surface area contributed by atoms with E-state index in [0.29, 0.717) is 12.8 Å². The molecule has 0 aromatic rings. The summed E-state index contributed by atoms with van der Waals surface area (Å²) in [7, 11) is 0. The molecule has 1 saturated carbocycles. The molecule has 18 heavy (non-hydrogen) atoms. The van der Waals surface area contributed by atoms with Crippen LogP contribution in [0.4, 0.5) is 0 Å². The van der Waals surface area contributed by atoms with Gasteiger partial charge >= 0.3 is 17.9 Å². The molecule has 1 aliphatic rings. The van der Waals surface area contributed by atoms with E-state index in [2.05, 4.69) is 0 Å². The Bertz CT molecular complexity index is 336. The Morgan fingerprint density at radius 1 is 1.06 bits per heavy atom. The summed E-state index contributed by atoms with van der Waals surface area (Å²) in [4.78, 5) is 33.2. The number of esters is 1. The maximum absolute atomic E-state index is 11.7. The topological polar surface area (TPSA) is 127 Å². The Morgan fingerprint density at radius 2 is 1.61 bits per heavy atom. The summed E-state index contributed by atoms with van der Waals surface area (Å²) in [6.07, 6.45) is 3.93. The van der Waals surface area contributed by atoms with Gasteiger partial charge in [-0.15, -0.1) is 0 Å². The summed E-state index contributed by atoms with van der Waals surface area (Å²) < 4.78 is 5.02. The zero-order valence-electron chi connectivity index (χ0n) is 9.87. The van der Waals surface area contributed by atoms with E-state index < -0.39 is 29.9 Å². The first kappa shape index (κ1) is 14.4. The monoisotopic (exact) mass is 259 g/mol. The van der Waals surface area contributed by atoms with Crippen LogP contribution in [0.15, 0.2) is 0 Å². The van der Waals surface area contributed by atoms with Gasteiger partial charge in [0.25, 0.3) is 0 Å². The molecule has 1 aliphatic carbocycles. The van der Waals surface area contributed by atoms with E-state index in [0.717, 1.165) is 19.3 Å². The minimum Gasteiger partial charge on any atom is -0.481 e. The van der Waals surface area contributed by atoms with Gasteiger partial charge in [0.15, 0.2) is 5.92 Å². The zero-order chi connectivity index (χ0) is 13.7. The first-order valence-corrected chi connectivity index (χ1v) is 5.85. The number of ether oxygens (including phenoxy) is 1. The van der Waals surface area contributed by atoms with Crippen molar-refractivity contribution in [1.29, 1.82) is 0 Å². The maximum atomic E-state index is 11.7. The summed E-state index contributed by atoms with van der Waals surface area (Å²) in [6.45, 7) is 0. The second-order valence-electron chi connectivity index (χ2n) is 4.38. The number of carboxylic acid groups (broad SMARTS) is 2. The van der Waals surface area contributed by atoms with Gasteiger partial charge in [-0.1, -0.05) is 6.42 Å². The Balaban J connectivity index is 2.64. The molecule has 0 heterocycles. The fourth-order valence-electron chi connectivity index (χ4n) is 1.96. The molecule has 0 aromatic heterocycles. The van der Waals surface area contributed by atoms with E-state index in [9.17, 15) is 14.4 Å². The highest BCUT2D eigenvalue weighted by Gasteiger charge is 2.39. The fourth-order valence-corrected chi connectivity index (χ4v) is 1.96. The van der Waals surface area contributed by atoms with Gasteiger partial charge < -0.3 is 20.7 Å². The van der Waals surface area contributed by atoms with Crippen molar-refractivity contribution >= 4 is 17.9 Å². The fraction of sp³-hybridized carbons (Fsp3) is 0.727. The van der Waals surface area contributed by atoms with Crippen LogP contribution in [-0.4, -0.2) is 40.3 Å². The third-order valence-corrected chi connectivity index (χ3v) is 3.00. The van der Waals surface area contributed by atoms with E-state index >= 15 is 0 Å². The van der Waals surface area contributed by atoms with Crippen LogP contribution < -0.4 is 5.73 Å². The normalized spacial score (nSPS) is 19.8. The molecule has 0 amide bonds. The van der Waals surface area contributed by atoms with E-state index in [1.807, 2.05) is 0 Å². The standard InChI is InChI=1S/C11H17NO6/c12-8(10(15)16)7(9(13)14)11(17)18-6-4-2-1-3-5-6/h6-8H,1-5,12H2,(H,13,14)(H,15,16). The minimum absolute atomic E-state index is 0.325. The van der Waals surface area contributed by atoms with Crippen LogP contribution >= 0.6 is 0 Å².